The number of hydrogen-bond acceptors (Lipinski definition) is 8. The van der Waals surface area contributed by atoms with Gasteiger partial charge in [-0.3, -0.25) is 9.69 Å². The lowest BCUT2D eigenvalue weighted by atomic mass is 10.1. The van der Waals surface area contributed by atoms with Crippen molar-refractivity contribution in [1.29, 1.82) is 0 Å². The molecule has 1 saturated heterocycles. The average molecular weight is 570 g/mol. The second kappa shape index (κ2) is 13.0. The Balaban J connectivity index is 1.19. The van der Waals surface area contributed by atoms with Crippen LogP contribution in [-0.2, 0) is 22.5 Å². The molecular formula is C29H34Cl2N6O2. The zero-order chi connectivity index (χ0) is 27.2. The van der Waals surface area contributed by atoms with Crippen LogP contribution < -0.4 is 16.4 Å². The Bertz CT molecular complexity index is 1280. The summed E-state index contributed by atoms with van der Waals surface area (Å²) >= 11 is 12.6. The molecule has 2 aliphatic rings. The fraction of sp³-hybridized carbons (Fsp3) is 0.414. The molecule has 10 heteroatoms. The fourth-order valence-electron chi connectivity index (χ4n) is 5.14. The van der Waals surface area contributed by atoms with Crippen molar-refractivity contribution in [3.63, 3.8) is 0 Å². The molecule has 1 aliphatic heterocycles. The molecule has 2 heterocycles. The Morgan fingerprint density at radius 3 is 2.72 bits per heavy atom. The van der Waals surface area contributed by atoms with Gasteiger partial charge in [0.2, 0.25) is 0 Å². The summed E-state index contributed by atoms with van der Waals surface area (Å²) in [5, 5.41) is 7.70. The number of carbonyl (C=O) groups is 1. The lowest BCUT2D eigenvalue weighted by Crippen LogP contribution is -2.55. The lowest BCUT2D eigenvalue weighted by Gasteiger charge is -2.33. The number of halogens is 2. The van der Waals surface area contributed by atoms with Gasteiger partial charge < -0.3 is 21.1 Å². The van der Waals surface area contributed by atoms with Gasteiger partial charge in [-0.2, -0.15) is 0 Å². The summed E-state index contributed by atoms with van der Waals surface area (Å²) in [7, 11) is 0. The maximum absolute atomic E-state index is 12.6. The van der Waals surface area contributed by atoms with Gasteiger partial charge in [0.1, 0.15) is 12.1 Å². The molecule has 206 valence electrons. The number of nitrogens with two attached hydrogens (primary N) is 1. The van der Waals surface area contributed by atoms with Crippen LogP contribution in [-0.4, -0.2) is 59.2 Å². The topological polar surface area (TPSA) is 105 Å². The van der Waals surface area contributed by atoms with Gasteiger partial charge in [0.15, 0.2) is 11.6 Å². The molecule has 8 nitrogen and oxygen atoms in total. The molecule has 2 fully saturated rings. The maximum atomic E-state index is 12.6. The third-order valence-electron chi connectivity index (χ3n) is 7.36. The molecule has 1 atom stereocenters. The number of ether oxygens (including phenoxy) is 1. The summed E-state index contributed by atoms with van der Waals surface area (Å²) in [6, 6.07) is 13.4. The SMILES string of the molecule is Nc1ncc(-c2cccc(CCN3CCNC(C(=O)OC4CCCC4)C3)c2)nc1NCc1c(Cl)cccc1Cl. The van der Waals surface area contributed by atoms with E-state index in [1.54, 1.807) is 18.3 Å². The number of nitrogens with zero attached hydrogens (tertiary/aromatic N) is 3. The van der Waals surface area contributed by atoms with E-state index in [1.165, 1.54) is 5.56 Å². The largest absolute Gasteiger partial charge is 0.461 e. The molecule has 1 unspecified atom stereocenters. The van der Waals surface area contributed by atoms with Crippen LogP contribution in [0.4, 0.5) is 11.6 Å². The molecule has 1 saturated carbocycles. The van der Waals surface area contributed by atoms with Crippen molar-refractivity contribution in [2.45, 2.75) is 50.8 Å². The van der Waals surface area contributed by atoms with Gasteiger partial charge >= 0.3 is 5.97 Å². The number of benzene rings is 2. The molecule has 1 aliphatic carbocycles. The Morgan fingerprint density at radius 1 is 1.15 bits per heavy atom. The lowest BCUT2D eigenvalue weighted by molar-refractivity contribution is -0.152. The van der Waals surface area contributed by atoms with Gasteiger partial charge in [0.05, 0.1) is 11.9 Å². The van der Waals surface area contributed by atoms with E-state index in [0.717, 1.165) is 68.6 Å². The van der Waals surface area contributed by atoms with Crippen molar-refractivity contribution in [3.05, 3.63) is 69.8 Å². The second-order valence-corrected chi connectivity index (χ2v) is 11.0. The van der Waals surface area contributed by atoms with E-state index in [4.69, 9.17) is 38.7 Å². The summed E-state index contributed by atoms with van der Waals surface area (Å²) in [6.07, 6.45) is 6.92. The Kier molecular flexibility index (Phi) is 9.19. The molecule has 0 amide bonds. The quantitative estimate of drug-likeness (QED) is 0.311. The number of carbonyl (C=O) groups excluding carboxylic acids is 1. The highest BCUT2D eigenvalue weighted by Crippen LogP contribution is 2.27. The van der Waals surface area contributed by atoms with Crippen molar-refractivity contribution in [2.75, 3.05) is 37.2 Å². The van der Waals surface area contributed by atoms with Gasteiger partial charge in [-0.05, 0) is 55.9 Å². The predicted octanol–water partition coefficient (Wildman–Crippen LogP) is 4.95. The summed E-state index contributed by atoms with van der Waals surface area (Å²) in [4.78, 5) is 24.0. The highest BCUT2D eigenvalue weighted by molar-refractivity contribution is 6.36. The molecule has 3 aromatic rings. The van der Waals surface area contributed by atoms with E-state index in [2.05, 4.69) is 32.7 Å². The minimum absolute atomic E-state index is 0.0958. The highest BCUT2D eigenvalue weighted by Gasteiger charge is 2.29. The van der Waals surface area contributed by atoms with E-state index < -0.39 is 0 Å². The van der Waals surface area contributed by atoms with Gasteiger partial charge in [-0.15, -0.1) is 0 Å². The third kappa shape index (κ3) is 7.19. The average Bonchev–Trinajstić information content (AvgIpc) is 3.46. The maximum Gasteiger partial charge on any atom is 0.324 e. The van der Waals surface area contributed by atoms with E-state index in [1.807, 2.05) is 18.2 Å². The van der Waals surface area contributed by atoms with E-state index in [9.17, 15) is 4.79 Å². The van der Waals surface area contributed by atoms with Crippen LogP contribution in [0.15, 0.2) is 48.7 Å². The van der Waals surface area contributed by atoms with Crippen LogP contribution in [0.5, 0.6) is 0 Å². The first-order chi connectivity index (χ1) is 19.0. The van der Waals surface area contributed by atoms with E-state index >= 15 is 0 Å². The summed E-state index contributed by atoms with van der Waals surface area (Å²) in [5.41, 5.74) is 9.74. The zero-order valence-corrected chi connectivity index (χ0v) is 23.3. The summed E-state index contributed by atoms with van der Waals surface area (Å²) in [6.45, 7) is 3.58. The van der Waals surface area contributed by atoms with E-state index in [-0.39, 0.29) is 18.1 Å². The van der Waals surface area contributed by atoms with E-state index in [0.29, 0.717) is 34.8 Å². The molecule has 1 aromatic heterocycles. The predicted molar refractivity (Wildman–Crippen MR) is 156 cm³/mol. The fourth-order valence-corrected chi connectivity index (χ4v) is 5.67. The minimum atomic E-state index is -0.262. The number of esters is 1. The normalized spacial score (nSPS) is 18.3. The molecule has 2 aromatic carbocycles. The van der Waals surface area contributed by atoms with Crippen LogP contribution in [0, 0.1) is 0 Å². The van der Waals surface area contributed by atoms with Crippen molar-refractivity contribution < 1.29 is 9.53 Å². The molecule has 4 N–H and O–H groups in total. The standard InChI is InChI=1S/C29H34Cl2N6O2/c30-23-9-4-10-24(31)22(23)16-35-28-27(32)34-17-25(36-28)20-6-3-5-19(15-20)11-13-37-14-12-33-26(18-37)29(38)39-21-7-1-2-8-21/h3-6,9-10,15,17,21,26,33H,1-2,7-8,11-14,16,18H2,(H2,32,34)(H,35,36). The minimum Gasteiger partial charge on any atom is -0.461 e. The van der Waals surface area contributed by atoms with Gasteiger partial charge in [-0.25, -0.2) is 9.97 Å². The number of nitrogens with one attached hydrogen (secondary N) is 2. The number of rotatable bonds is 9. The molecule has 5 rings (SSSR count). The molecule has 0 bridgehead atoms. The van der Waals surface area contributed by atoms with Crippen molar-refractivity contribution in [2.24, 2.45) is 0 Å². The zero-order valence-electron chi connectivity index (χ0n) is 21.8. The Hall–Kier alpha value is -2.91. The Labute approximate surface area is 239 Å². The number of hydrogen-bond donors (Lipinski definition) is 3. The monoisotopic (exact) mass is 568 g/mol. The third-order valence-corrected chi connectivity index (χ3v) is 8.07. The second-order valence-electron chi connectivity index (χ2n) is 10.1. The number of anilines is 2. The van der Waals surface area contributed by atoms with Crippen molar-refractivity contribution in [1.82, 2.24) is 20.2 Å². The summed E-state index contributed by atoms with van der Waals surface area (Å²) in [5.74, 6) is 0.666. The van der Waals surface area contributed by atoms with Crippen LogP contribution in [0.1, 0.15) is 36.8 Å². The van der Waals surface area contributed by atoms with Gasteiger partial charge in [-0.1, -0.05) is 47.5 Å². The first-order valence-electron chi connectivity index (χ1n) is 13.5. The highest BCUT2D eigenvalue weighted by atomic mass is 35.5. The van der Waals surface area contributed by atoms with Crippen molar-refractivity contribution in [3.8, 4) is 11.3 Å². The van der Waals surface area contributed by atoms with Crippen LogP contribution in [0.2, 0.25) is 10.0 Å². The molecule has 0 spiro atoms. The molecule has 0 radical (unpaired) electrons. The number of nitrogen functional groups attached to an aromatic ring is 1. The Morgan fingerprint density at radius 2 is 1.92 bits per heavy atom. The number of piperazine rings is 1. The van der Waals surface area contributed by atoms with Crippen molar-refractivity contribution >= 4 is 40.8 Å². The van der Waals surface area contributed by atoms with Crippen LogP contribution >= 0.6 is 23.2 Å². The smallest absolute Gasteiger partial charge is 0.324 e. The van der Waals surface area contributed by atoms with Gasteiger partial charge in [0.25, 0.3) is 0 Å². The van der Waals surface area contributed by atoms with Crippen LogP contribution in [0.3, 0.4) is 0 Å². The first kappa shape index (κ1) is 27.6. The molecular weight excluding hydrogens is 535 g/mol. The van der Waals surface area contributed by atoms with Crippen LogP contribution in [0.25, 0.3) is 11.3 Å². The molecule has 39 heavy (non-hydrogen) atoms. The first-order valence-corrected chi connectivity index (χ1v) is 14.3. The number of aromatic nitrogens is 2. The summed E-state index contributed by atoms with van der Waals surface area (Å²) < 4.78 is 5.73. The van der Waals surface area contributed by atoms with Gasteiger partial charge in [0, 0.05) is 53.9 Å².